The van der Waals surface area contributed by atoms with E-state index in [9.17, 15) is 4.79 Å². The van der Waals surface area contributed by atoms with Gasteiger partial charge in [-0.2, -0.15) is 0 Å². The molecule has 0 bridgehead atoms. The fourth-order valence-electron chi connectivity index (χ4n) is 2.10. The van der Waals surface area contributed by atoms with Crippen LogP contribution in [0.25, 0.3) is 0 Å². The molecule has 0 spiro atoms. The Hall–Kier alpha value is -0.790. The highest BCUT2D eigenvalue weighted by molar-refractivity contribution is 5.78. The van der Waals surface area contributed by atoms with Gasteiger partial charge in [0.05, 0.1) is 12.5 Å². The quantitative estimate of drug-likeness (QED) is 0.396. The predicted octanol–water partition coefficient (Wildman–Crippen LogP) is 3.18. The van der Waals surface area contributed by atoms with Gasteiger partial charge in [-0.25, -0.2) is 0 Å². The van der Waals surface area contributed by atoms with Crippen molar-refractivity contribution in [2.24, 2.45) is 17.3 Å². The lowest BCUT2D eigenvalue weighted by molar-refractivity contribution is -0.146. The largest absolute Gasteiger partial charge is 0.465 e. The van der Waals surface area contributed by atoms with E-state index in [2.05, 4.69) is 26.8 Å². The van der Waals surface area contributed by atoms with Crippen molar-refractivity contribution in [3.63, 3.8) is 0 Å². The first kappa shape index (κ1) is 12.3. The number of carbonyl (C=O) groups is 1. The molecule has 0 aliphatic heterocycles. The van der Waals surface area contributed by atoms with Crippen LogP contribution in [0.3, 0.4) is 0 Å². The summed E-state index contributed by atoms with van der Waals surface area (Å²) in [5, 5.41) is 0. The normalized spacial score (nSPS) is 28.0. The molecule has 0 aromatic rings. The van der Waals surface area contributed by atoms with Crippen LogP contribution in [-0.2, 0) is 9.53 Å². The summed E-state index contributed by atoms with van der Waals surface area (Å²) in [7, 11) is 0. The van der Waals surface area contributed by atoms with E-state index < -0.39 is 0 Å². The van der Waals surface area contributed by atoms with Crippen LogP contribution in [0.2, 0.25) is 0 Å². The van der Waals surface area contributed by atoms with Crippen molar-refractivity contribution in [2.75, 3.05) is 6.61 Å². The highest BCUT2D eigenvalue weighted by Gasteiger charge is 2.61. The summed E-state index contributed by atoms with van der Waals surface area (Å²) in [6.07, 6.45) is 6.17. The first-order chi connectivity index (χ1) is 7.05. The minimum atomic E-state index is -0.0171. The smallest absolute Gasteiger partial charge is 0.310 e. The van der Waals surface area contributed by atoms with Crippen molar-refractivity contribution in [3.8, 4) is 0 Å². The molecule has 0 aromatic carbocycles. The third-order valence-corrected chi connectivity index (χ3v) is 3.31. The Morgan fingerprint density at radius 2 is 2.13 bits per heavy atom. The number of rotatable bonds is 5. The van der Waals surface area contributed by atoms with Gasteiger partial charge in [-0.05, 0) is 24.7 Å². The maximum absolute atomic E-state index is 11.7. The van der Waals surface area contributed by atoms with Crippen molar-refractivity contribution in [1.82, 2.24) is 0 Å². The van der Waals surface area contributed by atoms with Crippen LogP contribution in [0.15, 0.2) is 12.2 Å². The molecular formula is C13H22O2. The van der Waals surface area contributed by atoms with Crippen LogP contribution < -0.4 is 0 Å². The van der Waals surface area contributed by atoms with Crippen LogP contribution in [0.1, 0.15) is 40.5 Å². The first-order valence-corrected chi connectivity index (χ1v) is 5.85. The summed E-state index contributed by atoms with van der Waals surface area (Å²) in [5.74, 6) is 0.429. The topological polar surface area (TPSA) is 26.3 Å². The van der Waals surface area contributed by atoms with E-state index in [4.69, 9.17) is 4.74 Å². The molecule has 1 fully saturated rings. The second-order valence-electron chi connectivity index (χ2n) is 4.87. The molecule has 0 N–H and O–H groups in total. The fraction of sp³-hybridized carbons (Fsp3) is 0.769. The molecule has 15 heavy (non-hydrogen) atoms. The Kier molecular flexibility index (Phi) is 3.95. The maximum atomic E-state index is 11.7. The van der Waals surface area contributed by atoms with E-state index in [1.54, 1.807) is 0 Å². The molecule has 1 saturated carbocycles. The van der Waals surface area contributed by atoms with Gasteiger partial charge < -0.3 is 4.74 Å². The van der Waals surface area contributed by atoms with E-state index >= 15 is 0 Å². The molecule has 0 saturated heterocycles. The number of ether oxygens (including phenoxy) is 1. The summed E-state index contributed by atoms with van der Waals surface area (Å²) < 4.78 is 5.25. The maximum Gasteiger partial charge on any atom is 0.310 e. The molecule has 0 amide bonds. The lowest BCUT2D eigenvalue weighted by Gasteiger charge is -2.04. The molecule has 2 heteroatoms. The van der Waals surface area contributed by atoms with Gasteiger partial charge in [0.1, 0.15) is 0 Å². The Bertz CT molecular complexity index is 253. The highest BCUT2D eigenvalue weighted by Crippen LogP contribution is 2.59. The Balaban J connectivity index is 2.41. The van der Waals surface area contributed by atoms with E-state index in [1.807, 2.05) is 13.0 Å². The fourth-order valence-corrected chi connectivity index (χ4v) is 2.10. The molecule has 0 heterocycles. The van der Waals surface area contributed by atoms with Crippen LogP contribution >= 0.6 is 0 Å². The van der Waals surface area contributed by atoms with Crippen LogP contribution in [0, 0.1) is 17.3 Å². The third kappa shape index (κ3) is 2.61. The zero-order valence-corrected chi connectivity index (χ0v) is 10.2. The van der Waals surface area contributed by atoms with E-state index in [0.717, 1.165) is 12.8 Å². The number of allylic oxidation sites excluding steroid dienone is 2. The molecule has 2 atom stereocenters. The molecular weight excluding hydrogens is 188 g/mol. The minimum absolute atomic E-state index is 0.0171. The summed E-state index contributed by atoms with van der Waals surface area (Å²) in [4.78, 5) is 11.7. The molecule has 1 rings (SSSR count). The lowest BCUT2D eigenvalue weighted by atomic mass is 10.1. The highest BCUT2D eigenvalue weighted by atomic mass is 16.5. The zero-order chi connectivity index (χ0) is 11.5. The average Bonchev–Trinajstić information content (AvgIpc) is 2.69. The zero-order valence-electron chi connectivity index (χ0n) is 10.2. The van der Waals surface area contributed by atoms with Crippen LogP contribution in [0.4, 0.5) is 0 Å². The van der Waals surface area contributed by atoms with Gasteiger partial charge in [0, 0.05) is 0 Å². The summed E-state index contributed by atoms with van der Waals surface area (Å²) in [5.41, 5.74) is 0.0931. The van der Waals surface area contributed by atoms with E-state index in [1.165, 1.54) is 0 Å². The number of esters is 1. The average molecular weight is 210 g/mol. The Morgan fingerprint density at radius 3 is 2.67 bits per heavy atom. The summed E-state index contributed by atoms with van der Waals surface area (Å²) >= 11 is 0. The minimum Gasteiger partial charge on any atom is -0.465 e. The van der Waals surface area contributed by atoms with Gasteiger partial charge in [-0.3, -0.25) is 4.79 Å². The van der Waals surface area contributed by atoms with Gasteiger partial charge >= 0.3 is 5.97 Å². The standard InChI is InChI=1S/C13H22O2/c1-5-7-9-15-12(14)11-10(8-6-2)13(11,3)4/h6,8,10-11H,5,7,9H2,1-4H3. The second kappa shape index (κ2) is 4.82. The summed E-state index contributed by atoms with van der Waals surface area (Å²) in [6.45, 7) is 8.92. The van der Waals surface area contributed by atoms with Crippen LogP contribution in [0.5, 0.6) is 0 Å². The Morgan fingerprint density at radius 1 is 1.47 bits per heavy atom. The van der Waals surface area contributed by atoms with Gasteiger partial charge in [-0.1, -0.05) is 39.3 Å². The van der Waals surface area contributed by atoms with Gasteiger partial charge in [0.15, 0.2) is 0 Å². The van der Waals surface area contributed by atoms with Gasteiger partial charge in [0.2, 0.25) is 0 Å². The van der Waals surface area contributed by atoms with Crippen molar-refractivity contribution in [1.29, 1.82) is 0 Å². The number of hydrogen-bond donors (Lipinski definition) is 0. The molecule has 0 radical (unpaired) electrons. The predicted molar refractivity (Wildman–Crippen MR) is 61.4 cm³/mol. The van der Waals surface area contributed by atoms with E-state index in [-0.39, 0.29) is 17.3 Å². The third-order valence-electron chi connectivity index (χ3n) is 3.31. The van der Waals surface area contributed by atoms with Crippen molar-refractivity contribution in [3.05, 3.63) is 12.2 Å². The van der Waals surface area contributed by atoms with Gasteiger partial charge in [-0.15, -0.1) is 0 Å². The molecule has 0 aromatic heterocycles. The SMILES string of the molecule is CC=CC1C(C(=O)OCCCC)C1(C)C. The number of unbranched alkanes of at least 4 members (excludes halogenated alkanes) is 1. The number of carbonyl (C=O) groups excluding carboxylic acids is 1. The van der Waals surface area contributed by atoms with Crippen molar-refractivity contribution < 1.29 is 9.53 Å². The molecule has 1 aliphatic carbocycles. The Labute approximate surface area is 92.7 Å². The van der Waals surface area contributed by atoms with Crippen LogP contribution in [-0.4, -0.2) is 12.6 Å². The van der Waals surface area contributed by atoms with Gasteiger partial charge in [0.25, 0.3) is 0 Å². The monoisotopic (exact) mass is 210 g/mol. The summed E-state index contributed by atoms with van der Waals surface area (Å²) in [6, 6.07) is 0. The molecule has 2 nitrogen and oxygen atoms in total. The molecule has 2 unspecified atom stereocenters. The number of hydrogen-bond acceptors (Lipinski definition) is 2. The molecule has 1 aliphatic rings. The molecule has 86 valence electrons. The van der Waals surface area contributed by atoms with Crippen molar-refractivity contribution in [2.45, 2.75) is 40.5 Å². The first-order valence-electron chi connectivity index (χ1n) is 5.85. The van der Waals surface area contributed by atoms with E-state index in [0.29, 0.717) is 12.5 Å². The lowest BCUT2D eigenvalue weighted by Crippen LogP contribution is -2.11. The second-order valence-corrected chi connectivity index (χ2v) is 4.87. The van der Waals surface area contributed by atoms with Crippen molar-refractivity contribution >= 4 is 5.97 Å².